The Balaban J connectivity index is 1.22. The number of ether oxygens (including phenoxy) is 1. The lowest BCUT2D eigenvalue weighted by atomic mass is 9.71. The molecule has 1 amide bonds. The van der Waals surface area contributed by atoms with Crippen LogP contribution in [0, 0.1) is 17.8 Å². The van der Waals surface area contributed by atoms with Crippen molar-refractivity contribution in [3.8, 4) is 11.4 Å². The molecule has 2 aliphatic carbocycles. The molecule has 0 spiro atoms. The van der Waals surface area contributed by atoms with E-state index >= 15 is 0 Å². The normalized spacial score (nSPS) is 20.3. The second-order valence-corrected chi connectivity index (χ2v) is 13.8. The predicted molar refractivity (Wildman–Crippen MR) is 180 cm³/mol. The van der Waals surface area contributed by atoms with Crippen LogP contribution in [-0.4, -0.2) is 38.9 Å². The summed E-state index contributed by atoms with van der Waals surface area (Å²) >= 11 is 0. The maximum atomic E-state index is 13.4. The van der Waals surface area contributed by atoms with Gasteiger partial charge in [-0.25, -0.2) is 9.97 Å². The first-order valence-electron chi connectivity index (χ1n) is 16.6. The first-order chi connectivity index (χ1) is 21.6. The average Bonchev–Trinajstić information content (AvgIpc) is 3.04. The molecule has 2 aromatic carbocycles. The summed E-state index contributed by atoms with van der Waals surface area (Å²) in [5.74, 6) is 2.61. The van der Waals surface area contributed by atoms with Gasteiger partial charge < -0.3 is 15.4 Å². The van der Waals surface area contributed by atoms with Gasteiger partial charge in [-0.05, 0) is 106 Å². The number of nitrogens with two attached hydrogens (primary N) is 1. The van der Waals surface area contributed by atoms with Crippen LogP contribution in [0.3, 0.4) is 0 Å². The van der Waals surface area contributed by atoms with E-state index in [1.54, 1.807) is 24.3 Å². The van der Waals surface area contributed by atoms with Crippen LogP contribution in [-0.2, 0) is 16.1 Å². The summed E-state index contributed by atoms with van der Waals surface area (Å²) < 4.78 is 5.51. The van der Waals surface area contributed by atoms with Crippen molar-refractivity contribution in [2.45, 2.75) is 91.2 Å². The fourth-order valence-electron chi connectivity index (χ4n) is 6.77. The molecule has 3 aromatic rings. The minimum absolute atomic E-state index is 0.163. The van der Waals surface area contributed by atoms with Crippen LogP contribution in [0.4, 0.5) is 5.69 Å². The third-order valence-corrected chi connectivity index (χ3v) is 9.38. The molecule has 45 heavy (non-hydrogen) atoms. The van der Waals surface area contributed by atoms with Crippen molar-refractivity contribution in [2.75, 3.05) is 12.3 Å². The van der Waals surface area contributed by atoms with Crippen LogP contribution in [0.2, 0.25) is 0 Å². The number of benzene rings is 2. The van der Waals surface area contributed by atoms with Crippen molar-refractivity contribution in [1.82, 2.24) is 14.9 Å². The number of anilines is 1. The van der Waals surface area contributed by atoms with Gasteiger partial charge in [0.1, 0.15) is 12.1 Å². The van der Waals surface area contributed by atoms with E-state index in [1.807, 2.05) is 57.4 Å². The Kier molecular flexibility index (Phi) is 10.4. The highest BCUT2D eigenvalue weighted by Gasteiger charge is 2.28. The van der Waals surface area contributed by atoms with Crippen LogP contribution < -0.4 is 5.73 Å². The molecule has 1 fully saturated rings. The van der Waals surface area contributed by atoms with Gasteiger partial charge in [-0.15, -0.1) is 0 Å². The van der Waals surface area contributed by atoms with Crippen molar-refractivity contribution in [3.63, 3.8) is 0 Å². The lowest BCUT2D eigenvalue weighted by molar-refractivity contribution is -0.155. The molecule has 0 aliphatic heterocycles. The van der Waals surface area contributed by atoms with Gasteiger partial charge in [0.15, 0.2) is 5.82 Å². The lowest BCUT2D eigenvalue weighted by Crippen LogP contribution is -2.38. The van der Waals surface area contributed by atoms with E-state index in [1.165, 1.54) is 55.4 Å². The zero-order valence-corrected chi connectivity index (χ0v) is 27.3. The monoisotopic (exact) mass is 608 g/mol. The summed E-state index contributed by atoms with van der Waals surface area (Å²) in [6.07, 6.45) is 16.8. The number of aromatic nitrogens is 2. The molecule has 0 saturated heterocycles. The Morgan fingerprint density at radius 1 is 0.889 bits per heavy atom. The number of nitrogen functional groups attached to an aromatic ring is 1. The second-order valence-electron chi connectivity index (χ2n) is 13.8. The summed E-state index contributed by atoms with van der Waals surface area (Å²) in [6, 6.07) is 14.5. The van der Waals surface area contributed by atoms with Gasteiger partial charge in [0.2, 0.25) is 0 Å². The zero-order valence-electron chi connectivity index (χ0n) is 27.3. The van der Waals surface area contributed by atoms with Crippen molar-refractivity contribution in [3.05, 3.63) is 83.7 Å². The van der Waals surface area contributed by atoms with E-state index < -0.39 is 11.6 Å². The van der Waals surface area contributed by atoms with Crippen LogP contribution in [0.1, 0.15) is 101 Å². The van der Waals surface area contributed by atoms with Gasteiger partial charge in [0.25, 0.3) is 5.91 Å². The molecule has 1 saturated carbocycles. The summed E-state index contributed by atoms with van der Waals surface area (Å²) in [6.45, 7) is 7.85. The minimum Gasteiger partial charge on any atom is -0.459 e. The largest absolute Gasteiger partial charge is 0.459 e. The fourth-order valence-corrected chi connectivity index (χ4v) is 6.77. The standard InChI is InChI=1S/C38H48N4O3/c1-5-26-6-10-28(11-7-26)29-14-16-30(17-15-29)33-22-40-36(41-23-33)31-12-8-27(9-13-31)24-42(25-35(43)45-38(2,3)4)37(44)32-18-20-34(39)21-19-32/h8-9,12-13,16,18-23,26,28-29H,5-7,10-11,14-15,17,24-25,39H2,1-4H3. The molecular weight excluding hydrogens is 560 g/mol. The molecule has 1 unspecified atom stereocenters. The molecule has 1 atom stereocenters. The number of carbonyl (C=O) groups is 2. The molecule has 2 N–H and O–H groups in total. The number of allylic oxidation sites excluding steroid dienone is 2. The first kappa shape index (κ1) is 32.4. The van der Waals surface area contributed by atoms with Gasteiger partial charge >= 0.3 is 5.97 Å². The van der Waals surface area contributed by atoms with Crippen LogP contribution in [0.15, 0.2) is 67.0 Å². The summed E-state index contributed by atoms with van der Waals surface area (Å²) in [7, 11) is 0. The van der Waals surface area contributed by atoms with Gasteiger partial charge in [0.05, 0.1) is 0 Å². The Labute approximate surface area is 268 Å². The highest BCUT2D eigenvalue weighted by Crippen LogP contribution is 2.41. The second kappa shape index (κ2) is 14.4. The maximum Gasteiger partial charge on any atom is 0.326 e. The Hall–Kier alpha value is -4.00. The topological polar surface area (TPSA) is 98.4 Å². The summed E-state index contributed by atoms with van der Waals surface area (Å²) in [4.78, 5) is 37.0. The van der Waals surface area contributed by atoms with Gasteiger partial charge in [-0.1, -0.05) is 56.5 Å². The fraction of sp³-hybridized carbons (Fsp3) is 0.474. The molecular formula is C38H48N4O3. The summed E-state index contributed by atoms with van der Waals surface area (Å²) in [5, 5.41) is 0. The molecule has 238 valence electrons. The minimum atomic E-state index is -0.645. The van der Waals surface area contributed by atoms with E-state index in [0.29, 0.717) is 17.1 Å². The van der Waals surface area contributed by atoms with E-state index in [4.69, 9.17) is 20.4 Å². The molecule has 0 radical (unpaired) electrons. The van der Waals surface area contributed by atoms with Gasteiger partial charge in [0, 0.05) is 41.3 Å². The molecule has 7 heteroatoms. The van der Waals surface area contributed by atoms with Crippen molar-refractivity contribution >= 4 is 23.1 Å². The number of amides is 1. The Bertz CT molecular complexity index is 1470. The van der Waals surface area contributed by atoms with E-state index in [2.05, 4.69) is 13.0 Å². The highest BCUT2D eigenvalue weighted by molar-refractivity contribution is 5.96. The molecule has 1 aromatic heterocycles. The molecule has 1 heterocycles. The van der Waals surface area contributed by atoms with Crippen molar-refractivity contribution in [2.24, 2.45) is 17.8 Å². The quantitative estimate of drug-likeness (QED) is 0.195. The number of nitrogens with zero attached hydrogens (tertiary/aromatic N) is 3. The predicted octanol–water partition coefficient (Wildman–Crippen LogP) is 8.11. The number of hydrogen-bond donors (Lipinski definition) is 1. The third kappa shape index (κ3) is 8.80. The van der Waals surface area contributed by atoms with Gasteiger partial charge in [-0.2, -0.15) is 0 Å². The van der Waals surface area contributed by atoms with E-state index in [-0.39, 0.29) is 19.0 Å². The number of carbonyl (C=O) groups excluding carboxylic acids is 2. The Morgan fingerprint density at radius 3 is 2.13 bits per heavy atom. The zero-order chi connectivity index (χ0) is 32.0. The summed E-state index contributed by atoms with van der Waals surface area (Å²) in [5.41, 5.74) is 10.5. The smallest absolute Gasteiger partial charge is 0.326 e. The molecule has 0 bridgehead atoms. The average molecular weight is 609 g/mol. The van der Waals surface area contributed by atoms with Crippen LogP contribution in [0.5, 0.6) is 0 Å². The third-order valence-electron chi connectivity index (χ3n) is 9.38. The maximum absolute atomic E-state index is 13.4. The molecule has 7 nitrogen and oxygen atoms in total. The number of rotatable bonds is 9. The number of esters is 1. The van der Waals surface area contributed by atoms with Crippen molar-refractivity contribution < 1.29 is 14.3 Å². The Morgan fingerprint density at radius 2 is 1.56 bits per heavy atom. The van der Waals surface area contributed by atoms with E-state index in [0.717, 1.165) is 40.9 Å². The highest BCUT2D eigenvalue weighted by atomic mass is 16.6. The molecule has 2 aliphatic rings. The SMILES string of the molecule is CCC1CCC(C2CC=C(c3cnc(-c4ccc(CN(CC(=O)OC(C)(C)C)C(=O)c5ccc(N)cc5)cc4)nc3)CC2)CC1. The van der Waals surface area contributed by atoms with Gasteiger partial charge in [-0.3, -0.25) is 9.59 Å². The van der Waals surface area contributed by atoms with Crippen molar-refractivity contribution in [1.29, 1.82) is 0 Å². The van der Waals surface area contributed by atoms with Crippen LogP contribution in [0.25, 0.3) is 17.0 Å². The lowest BCUT2D eigenvalue weighted by Gasteiger charge is -2.35. The molecule has 5 rings (SSSR count). The number of hydrogen-bond acceptors (Lipinski definition) is 6. The van der Waals surface area contributed by atoms with Crippen LogP contribution >= 0.6 is 0 Å². The first-order valence-corrected chi connectivity index (χ1v) is 16.6. The van der Waals surface area contributed by atoms with E-state index in [9.17, 15) is 9.59 Å².